The lowest BCUT2D eigenvalue weighted by Crippen LogP contribution is -2.40. The molecule has 0 bridgehead atoms. The summed E-state index contributed by atoms with van der Waals surface area (Å²) >= 11 is 13.9. The van der Waals surface area contributed by atoms with Crippen molar-refractivity contribution in [3.05, 3.63) is 119 Å². The zero-order valence-corrected chi connectivity index (χ0v) is 22.8. The van der Waals surface area contributed by atoms with Gasteiger partial charge in [0.2, 0.25) is 6.79 Å². The van der Waals surface area contributed by atoms with Crippen molar-refractivity contribution in [1.82, 2.24) is 4.57 Å². The molecule has 0 radical (unpaired) electrons. The third-order valence-electron chi connectivity index (χ3n) is 6.34. The molecule has 2 aliphatic rings. The topological polar surface area (TPSA) is 79.1 Å². The number of hydrogen-bond acceptors (Lipinski definition) is 7. The molecular weight excluding hydrogens is 559 g/mol. The third-order valence-corrected chi connectivity index (χ3v) is 7.90. The number of benzene rings is 3. The average Bonchev–Trinajstić information content (AvgIpc) is 3.52. The zero-order chi connectivity index (χ0) is 27.1. The molecule has 0 N–H and O–H groups in total. The number of fused-ring (bicyclic) bond motifs is 2. The second kappa shape index (κ2) is 10.4. The molecule has 0 spiro atoms. The predicted molar refractivity (Wildman–Crippen MR) is 150 cm³/mol. The van der Waals surface area contributed by atoms with Crippen LogP contribution in [0.2, 0.25) is 10.0 Å². The van der Waals surface area contributed by atoms with Crippen LogP contribution >= 0.6 is 34.5 Å². The summed E-state index contributed by atoms with van der Waals surface area (Å²) in [6.45, 7) is 2.02. The van der Waals surface area contributed by atoms with Crippen molar-refractivity contribution in [3.63, 3.8) is 0 Å². The standard InChI is InChI=1S/C29H20Cl2N2O5S/c1-2-36-28(35)24-25(16-6-4-3-5-7-16)32-29-33(26(24)17-8-10-19(30)11-9-17)27(34)23(39-29)13-18-12-21-22(14-20(18)31)38-15-37-21/h3-14,26H,2,15H2,1H3/b23-13+/t26-/m1/s1. The summed E-state index contributed by atoms with van der Waals surface area (Å²) in [7, 11) is 0. The van der Waals surface area contributed by atoms with E-state index in [2.05, 4.69) is 0 Å². The minimum absolute atomic E-state index is 0.108. The molecule has 2 aliphatic heterocycles. The first kappa shape index (κ1) is 25.4. The summed E-state index contributed by atoms with van der Waals surface area (Å²) in [6, 6.07) is 19.0. The number of aromatic nitrogens is 1. The maximum Gasteiger partial charge on any atom is 0.338 e. The van der Waals surface area contributed by atoms with Gasteiger partial charge < -0.3 is 14.2 Å². The van der Waals surface area contributed by atoms with E-state index in [4.69, 9.17) is 42.4 Å². The minimum atomic E-state index is -0.790. The van der Waals surface area contributed by atoms with Gasteiger partial charge in [-0.1, -0.05) is 77.0 Å². The molecule has 0 unspecified atom stereocenters. The average molecular weight is 579 g/mol. The van der Waals surface area contributed by atoms with E-state index < -0.39 is 12.0 Å². The van der Waals surface area contributed by atoms with E-state index in [-0.39, 0.29) is 24.5 Å². The summed E-state index contributed by atoms with van der Waals surface area (Å²) in [5.74, 6) is 0.550. The molecule has 10 heteroatoms. The van der Waals surface area contributed by atoms with Crippen LogP contribution in [0.5, 0.6) is 11.5 Å². The van der Waals surface area contributed by atoms with Gasteiger partial charge >= 0.3 is 5.97 Å². The lowest BCUT2D eigenvalue weighted by atomic mass is 9.93. The number of hydrogen-bond donors (Lipinski definition) is 0. The Labute approximate surface area is 236 Å². The summed E-state index contributed by atoms with van der Waals surface area (Å²) in [6.07, 6.45) is 1.70. The Morgan fingerprint density at radius 3 is 2.54 bits per heavy atom. The predicted octanol–water partition coefficient (Wildman–Crippen LogP) is 4.97. The van der Waals surface area contributed by atoms with Gasteiger partial charge in [0.1, 0.15) is 0 Å². The van der Waals surface area contributed by atoms with Crippen LogP contribution in [0.15, 0.2) is 82.1 Å². The monoisotopic (exact) mass is 578 g/mol. The molecule has 3 aromatic carbocycles. The number of esters is 1. The van der Waals surface area contributed by atoms with Crippen LogP contribution in [0, 0.1) is 0 Å². The van der Waals surface area contributed by atoms with Crippen LogP contribution in [0.25, 0.3) is 11.8 Å². The Morgan fingerprint density at radius 2 is 1.82 bits per heavy atom. The molecule has 0 aliphatic carbocycles. The van der Waals surface area contributed by atoms with Gasteiger partial charge in [0.05, 0.1) is 33.5 Å². The van der Waals surface area contributed by atoms with Gasteiger partial charge in [0.25, 0.3) is 5.56 Å². The van der Waals surface area contributed by atoms with E-state index in [1.807, 2.05) is 30.3 Å². The Hall–Kier alpha value is -3.85. The molecule has 7 nitrogen and oxygen atoms in total. The molecule has 0 amide bonds. The van der Waals surface area contributed by atoms with Gasteiger partial charge in [0, 0.05) is 16.7 Å². The summed E-state index contributed by atoms with van der Waals surface area (Å²) in [4.78, 5) is 32.7. The van der Waals surface area contributed by atoms with Gasteiger partial charge in [-0.25, -0.2) is 9.79 Å². The van der Waals surface area contributed by atoms with E-state index >= 15 is 0 Å². The van der Waals surface area contributed by atoms with Gasteiger partial charge in [-0.3, -0.25) is 9.36 Å². The first-order valence-electron chi connectivity index (χ1n) is 12.1. The van der Waals surface area contributed by atoms with Crippen molar-refractivity contribution in [2.24, 2.45) is 4.99 Å². The molecule has 0 saturated heterocycles. The fourth-order valence-electron chi connectivity index (χ4n) is 4.59. The van der Waals surface area contributed by atoms with Crippen molar-refractivity contribution < 1.29 is 19.0 Å². The molecular formula is C29H20Cl2N2O5S. The Bertz CT molecular complexity index is 1810. The highest BCUT2D eigenvalue weighted by molar-refractivity contribution is 7.07. The van der Waals surface area contributed by atoms with E-state index in [1.54, 1.807) is 49.4 Å². The molecule has 1 atom stereocenters. The first-order chi connectivity index (χ1) is 18.9. The molecule has 1 aromatic heterocycles. The van der Waals surface area contributed by atoms with Crippen molar-refractivity contribution in [3.8, 4) is 11.5 Å². The molecule has 4 aromatic rings. The Balaban J connectivity index is 1.63. The Morgan fingerprint density at radius 1 is 1.10 bits per heavy atom. The lowest BCUT2D eigenvalue weighted by molar-refractivity contribution is -0.138. The highest BCUT2D eigenvalue weighted by Crippen LogP contribution is 2.38. The quantitative estimate of drug-likeness (QED) is 0.312. The van der Waals surface area contributed by atoms with Crippen LogP contribution in [0.4, 0.5) is 0 Å². The summed E-state index contributed by atoms with van der Waals surface area (Å²) in [5.41, 5.74) is 2.42. The number of thiazole rings is 1. The van der Waals surface area contributed by atoms with Crippen molar-refractivity contribution in [1.29, 1.82) is 0 Å². The molecule has 0 fully saturated rings. The maximum absolute atomic E-state index is 14.0. The van der Waals surface area contributed by atoms with Crippen LogP contribution < -0.4 is 24.4 Å². The SMILES string of the molecule is CCOC(=O)C1=C(c2ccccc2)N=c2s/c(=C/c3cc4c(cc3Cl)OCO4)c(=O)n2[C@@H]1c1ccc(Cl)cc1. The van der Waals surface area contributed by atoms with E-state index in [9.17, 15) is 9.59 Å². The van der Waals surface area contributed by atoms with Crippen molar-refractivity contribution >= 4 is 52.3 Å². The van der Waals surface area contributed by atoms with Gasteiger partial charge in [-0.2, -0.15) is 0 Å². The van der Waals surface area contributed by atoms with Crippen LogP contribution in [0.1, 0.15) is 29.7 Å². The van der Waals surface area contributed by atoms with Gasteiger partial charge in [-0.15, -0.1) is 0 Å². The number of carbonyl (C=O) groups is 1. The van der Waals surface area contributed by atoms with Crippen LogP contribution in [-0.2, 0) is 9.53 Å². The van der Waals surface area contributed by atoms with Crippen LogP contribution in [0.3, 0.4) is 0 Å². The number of ether oxygens (including phenoxy) is 3. The van der Waals surface area contributed by atoms with Crippen molar-refractivity contribution in [2.75, 3.05) is 13.4 Å². The molecule has 3 heterocycles. The second-order valence-electron chi connectivity index (χ2n) is 8.71. The fraction of sp³-hybridized carbons (Fsp3) is 0.138. The fourth-order valence-corrected chi connectivity index (χ4v) is 5.91. The van der Waals surface area contributed by atoms with E-state index in [0.29, 0.717) is 47.7 Å². The summed E-state index contributed by atoms with van der Waals surface area (Å²) < 4.78 is 18.3. The normalized spacial score (nSPS) is 16.2. The lowest BCUT2D eigenvalue weighted by Gasteiger charge is -2.25. The van der Waals surface area contributed by atoms with Crippen LogP contribution in [-0.4, -0.2) is 23.9 Å². The number of halogens is 2. The first-order valence-corrected chi connectivity index (χ1v) is 13.6. The largest absolute Gasteiger partial charge is 0.463 e. The second-order valence-corrected chi connectivity index (χ2v) is 10.6. The van der Waals surface area contributed by atoms with E-state index in [1.165, 1.54) is 15.9 Å². The molecule has 39 heavy (non-hydrogen) atoms. The number of rotatable bonds is 5. The zero-order valence-electron chi connectivity index (χ0n) is 20.5. The van der Waals surface area contributed by atoms with Crippen molar-refractivity contribution in [2.45, 2.75) is 13.0 Å². The van der Waals surface area contributed by atoms with Gasteiger partial charge in [-0.05, 0) is 42.3 Å². The van der Waals surface area contributed by atoms with E-state index in [0.717, 1.165) is 5.56 Å². The molecule has 6 rings (SSSR count). The number of nitrogens with zero attached hydrogens (tertiary/aromatic N) is 2. The minimum Gasteiger partial charge on any atom is -0.463 e. The smallest absolute Gasteiger partial charge is 0.338 e. The highest BCUT2D eigenvalue weighted by Gasteiger charge is 2.35. The Kier molecular flexibility index (Phi) is 6.76. The maximum atomic E-state index is 14.0. The highest BCUT2D eigenvalue weighted by atomic mass is 35.5. The summed E-state index contributed by atoms with van der Waals surface area (Å²) in [5, 5.41) is 0.949. The number of carbonyl (C=O) groups excluding carboxylic acids is 1. The van der Waals surface area contributed by atoms with Gasteiger partial charge in [0.15, 0.2) is 16.3 Å². The molecule has 196 valence electrons. The molecule has 0 saturated carbocycles. The third kappa shape index (κ3) is 4.65.